The first-order chi connectivity index (χ1) is 14.7. The van der Waals surface area contributed by atoms with Crippen molar-refractivity contribution in [2.45, 2.75) is 25.4 Å². The van der Waals surface area contributed by atoms with Crippen LogP contribution in [0.4, 0.5) is 33.7 Å². The molecule has 0 bridgehead atoms. The third kappa shape index (κ3) is 5.16. The monoisotopic (exact) mass is 447 g/mol. The Hall–Kier alpha value is -3.09. The summed E-state index contributed by atoms with van der Waals surface area (Å²) in [5.74, 6) is -3.43. The average Bonchev–Trinajstić information content (AvgIpc) is 2.90. The molecule has 0 spiro atoms. The fraction of sp³-hybridized carbons (Fsp3) is 0.500. The summed E-state index contributed by atoms with van der Waals surface area (Å²) in [5, 5.41) is 8.50. The van der Waals surface area contributed by atoms with Gasteiger partial charge in [0.05, 0.1) is 25.4 Å². The van der Waals surface area contributed by atoms with Crippen molar-refractivity contribution in [1.82, 2.24) is 5.06 Å². The molecule has 13 heteroatoms. The van der Waals surface area contributed by atoms with E-state index >= 15 is 0 Å². The summed E-state index contributed by atoms with van der Waals surface area (Å²) < 4.78 is 59.2. The van der Waals surface area contributed by atoms with Crippen molar-refractivity contribution in [2.75, 3.05) is 42.6 Å². The molecule has 3 N–H and O–H groups in total. The molecule has 2 aliphatic rings. The summed E-state index contributed by atoms with van der Waals surface area (Å²) in [6.45, 7) is 0.325. The third-order valence-corrected chi connectivity index (χ3v) is 4.91. The Bertz CT molecular complexity index is 848. The number of guanidine groups is 1. The summed E-state index contributed by atoms with van der Waals surface area (Å²) in [7, 11) is 0. The number of ketones is 1. The van der Waals surface area contributed by atoms with Crippen LogP contribution in [0.25, 0.3) is 0 Å². The van der Waals surface area contributed by atoms with E-state index in [0.717, 1.165) is 22.1 Å². The molecule has 1 aromatic rings. The summed E-state index contributed by atoms with van der Waals surface area (Å²) in [6.07, 6.45) is -5.42. The minimum atomic E-state index is -3.10. The number of carbonyl (C=O) groups is 2. The van der Waals surface area contributed by atoms with Crippen LogP contribution in [-0.4, -0.2) is 68.2 Å². The second kappa shape index (κ2) is 9.37. The van der Waals surface area contributed by atoms with Crippen LogP contribution in [0, 0.1) is 17.0 Å². The SMILES string of the molecule is N=C(N)N1CCN(c2c(F)cc(N3C[C@H](CCC(=O)C(F)F)OC3=O)cc2F)CCO1. The second-order valence-electron chi connectivity index (χ2n) is 6.99. The number of benzene rings is 1. The Kier molecular flexibility index (Phi) is 6.83. The van der Waals surface area contributed by atoms with Gasteiger partial charge in [-0.15, -0.1) is 0 Å². The lowest BCUT2D eigenvalue weighted by Crippen LogP contribution is -2.38. The number of Topliss-reactive ketones (excluding diaryl/α,β-unsaturated/α-hetero) is 1. The zero-order valence-electron chi connectivity index (χ0n) is 16.3. The maximum absolute atomic E-state index is 14.8. The quantitative estimate of drug-likeness (QED) is 0.389. The largest absolute Gasteiger partial charge is 0.444 e. The first kappa shape index (κ1) is 22.6. The van der Waals surface area contributed by atoms with Crippen LogP contribution in [0.15, 0.2) is 12.1 Å². The lowest BCUT2D eigenvalue weighted by Gasteiger charge is -2.24. The average molecular weight is 447 g/mol. The number of cyclic esters (lactones) is 1. The maximum Gasteiger partial charge on any atom is 0.414 e. The highest BCUT2D eigenvalue weighted by molar-refractivity contribution is 5.90. The number of nitrogens with one attached hydrogen (secondary N) is 1. The van der Waals surface area contributed by atoms with E-state index in [0.29, 0.717) is 0 Å². The number of nitrogens with zero attached hydrogens (tertiary/aromatic N) is 3. The number of anilines is 2. The highest BCUT2D eigenvalue weighted by Crippen LogP contribution is 2.32. The van der Waals surface area contributed by atoms with E-state index in [1.54, 1.807) is 0 Å². The van der Waals surface area contributed by atoms with E-state index in [1.165, 1.54) is 4.90 Å². The third-order valence-electron chi connectivity index (χ3n) is 4.91. The molecule has 2 aliphatic heterocycles. The van der Waals surface area contributed by atoms with Crippen LogP contribution in [0.3, 0.4) is 0 Å². The first-order valence-corrected chi connectivity index (χ1v) is 9.45. The highest BCUT2D eigenvalue weighted by Gasteiger charge is 2.34. The van der Waals surface area contributed by atoms with E-state index in [4.69, 9.17) is 20.7 Å². The van der Waals surface area contributed by atoms with Crippen molar-refractivity contribution in [3.63, 3.8) is 0 Å². The number of hydrogen-bond acceptors (Lipinski definition) is 6. The number of halogens is 4. The second-order valence-corrected chi connectivity index (χ2v) is 6.99. The molecule has 31 heavy (non-hydrogen) atoms. The van der Waals surface area contributed by atoms with Gasteiger partial charge in [-0.25, -0.2) is 27.4 Å². The van der Waals surface area contributed by atoms with Crippen LogP contribution in [0.2, 0.25) is 0 Å². The van der Waals surface area contributed by atoms with Gasteiger partial charge in [-0.3, -0.25) is 19.9 Å². The Labute approximate surface area is 174 Å². The number of ether oxygens (including phenoxy) is 1. The van der Waals surface area contributed by atoms with E-state index in [9.17, 15) is 27.2 Å². The van der Waals surface area contributed by atoms with E-state index < -0.39 is 42.5 Å². The fourth-order valence-corrected chi connectivity index (χ4v) is 3.37. The van der Waals surface area contributed by atoms with E-state index in [-0.39, 0.29) is 56.5 Å². The molecule has 2 saturated heterocycles. The molecule has 2 heterocycles. The maximum atomic E-state index is 14.8. The lowest BCUT2D eigenvalue weighted by atomic mass is 10.1. The number of carbonyl (C=O) groups excluding carboxylic acids is 2. The Morgan fingerprint density at radius 1 is 1.23 bits per heavy atom. The molecule has 0 unspecified atom stereocenters. The molecule has 1 atom stereocenters. The minimum absolute atomic E-state index is 0.0533. The Morgan fingerprint density at radius 3 is 2.52 bits per heavy atom. The zero-order valence-corrected chi connectivity index (χ0v) is 16.3. The predicted octanol–water partition coefficient (Wildman–Crippen LogP) is 1.85. The molecule has 0 saturated carbocycles. The lowest BCUT2D eigenvalue weighted by molar-refractivity contribution is -0.129. The van der Waals surface area contributed by atoms with Gasteiger partial charge >= 0.3 is 6.09 Å². The summed E-state index contributed by atoms with van der Waals surface area (Å²) >= 11 is 0. The molecule has 1 aromatic carbocycles. The van der Waals surface area contributed by atoms with Crippen LogP contribution in [0.5, 0.6) is 0 Å². The summed E-state index contributed by atoms with van der Waals surface area (Å²) in [4.78, 5) is 30.8. The standard InChI is InChI=1S/C18H21F4N5O4/c19-12-7-10(26-9-11(31-18(26)29)1-2-14(28)16(21)22)8-13(20)15(12)25-3-4-27(17(23)24)30-6-5-25/h7-8,11,16H,1-6,9H2,(H3,23,24)/t11-/m0/s1. The van der Waals surface area contributed by atoms with Gasteiger partial charge in [-0.2, -0.15) is 0 Å². The topological polar surface area (TPSA) is 112 Å². The van der Waals surface area contributed by atoms with Crippen molar-refractivity contribution < 1.29 is 36.7 Å². The molecule has 170 valence electrons. The van der Waals surface area contributed by atoms with Crippen LogP contribution < -0.4 is 15.5 Å². The van der Waals surface area contributed by atoms with Crippen LogP contribution in [-0.2, 0) is 14.4 Å². The van der Waals surface area contributed by atoms with E-state index in [2.05, 4.69) is 0 Å². The summed E-state index contributed by atoms with van der Waals surface area (Å²) in [5.41, 5.74) is 4.95. The number of rotatable bonds is 6. The van der Waals surface area contributed by atoms with Gasteiger partial charge in [0.15, 0.2) is 17.4 Å². The first-order valence-electron chi connectivity index (χ1n) is 9.45. The molecule has 0 aromatic heterocycles. The fourth-order valence-electron chi connectivity index (χ4n) is 3.37. The van der Waals surface area contributed by atoms with Crippen LogP contribution >= 0.6 is 0 Å². The minimum Gasteiger partial charge on any atom is -0.444 e. The number of amides is 1. The molecule has 3 rings (SSSR count). The van der Waals surface area contributed by atoms with Gasteiger partial charge in [-0.1, -0.05) is 0 Å². The van der Waals surface area contributed by atoms with Crippen LogP contribution in [0.1, 0.15) is 12.8 Å². The number of alkyl halides is 2. The van der Waals surface area contributed by atoms with Gasteiger partial charge in [-0.05, 0) is 6.42 Å². The van der Waals surface area contributed by atoms with Gasteiger partial charge in [0, 0.05) is 31.6 Å². The Balaban J connectivity index is 1.71. The molecular formula is C18H21F4N5O4. The molecule has 9 nitrogen and oxygen atoms in total. The van der Waals surface area contributed by atoms with Crippen molar-refractivity contribution in [2.24, 2.45) is 5.73 Å². The van der Waals surface area contributed by atoms with Gasteiger partial charge in [0.1, 0.15) is 11.8 Å². The van der Waals surface area contributed by atoms with Crippen molar-refractivity contribution in [3.05, 3.63) is 23.8 Å². The van der Waals surface area contributed by atoms with Crippen molar-refractivity contribution in [1.29, 1.82) is 5.41 Å². The predicted molar refractivity (Wildman–Crippen MR) is 101 cm³/mol. The van der Waals surface area contributed by atoms with Gasteiger partial charge in [0.25, 0.3) is 6.43 Å². The molecule has 2 fully saturated rings. The number of hydroxylamine groups is 2. The van der Waals surface area contributed by atoms with Crippen molar-refractivity contribution >= 4 is 29.2 Å². The normalized spacial score (nSPS) is 19.6. The highest BCUT2D eigenvalue weighted by atomic mass is 19.3. The number of hydrogen-bond donors (Lipinski definition) is 2. The van der Waals surface area contributed by atoms with Gasteiger partial charge < -0.3 is 15.4 Å². The number of nitrogens with two attached hydrogens (primary N) is 1. The smallest absolute Gasteiger partial charge is 0.414 e. The molecule has 0 radical (unpaired) electrons. The zero-order chi connectivity index (χ0) is 22.7. The van der Waals surface area contributed by atoms with E-state index in [1.807, 2.05) is 0 Å². The summed E-state index contributed by atoms with van der Waals surface area (Å²) in [6, 6.07) is 1.95. The molecule has 1 amide bonds. The van der Waals surface area contributed by atoms with Crippen molar-refractivity contribution in [3.8, 4) is 0 Å². The van der Waals surface area contributed by atoms with Gasteiger partial charge in [0.2, 0.25) is 5.96 Å². The molecular weight excluding hydrogens is 426 g/mol. The molecule has 0 aliphatic carbocycles. The Morgan fingerprint density at radius 2 is 1.90 bits per heavy atom.